The molecule has 0 bridgehead atoms. The van der Waals surface area contributed by atoms with Crippen LogP contribution in [-0.4, -0.2) is 50.1 Å². The van der Waals surface area contributed by atoms with E-state index in [0.29, 0.717) is 0 Å². The number of benzene rings is 2. The Hall–Kier alpha value is -3.02. The lowest BCUT2D eigenvalue weighted by Gasteiger charge is -2.05. The standard InChI is InChI=1S/C13H12.C6H12N4O2/c1-3-7-12(8-4-1)11-13-9-5-2-6-10-13;1-9(2)5(11)7-8-6(12)10(3)4/h1-10H,11H2;1-4H3. The molecule has 2 aromatic rings. The zero-order chi connectivity index (χ0) is 18.7. The van der Waals surface area contributed by atoms with Gasteiger partial charge < -0.3 is 9.80 Å². The largest absolute Gasteiger partial charge is 0.361 e. The number of urea groups is 2. The summed E-state index contributed by atoms with van der Waals surface area (Å²) < 4.78 is 0. The minimum absolute atomic E-state index is 0.551. The molecule has 25 heavy (non-hydrogen) atoms. The van der Waals surface area contributed by atoms with Crippen molar-refractivity contribution < 1.29 is 9.59 Å². The maximum Gasteiger partial charge on any atom is 0.361 e. The molecule has 0 aliphatic rings. The SMILES string of the molecule is CN(C)C(=O)N=NC(=O)N(C)C.c1ccc(Cc2ccccc2)cc1. The van der Waals surface area contributed by atoms with Crippen LogP contribution in [-0.2, 0) is 6.42 Å². The van der Waals surface area contributed by atoms with Crippen molar-refractivity contribution in [3.8, 4) is 0 Å². The fourth-order valence-corrected chi connectivity index (χ4v) is 1.69. The molecule has 6 heteroatoms. The molecule has 132 valence electrons. The third kappa shape index (κ3) is 8.41. The molecule has 0 aliphatic heterocycles. The minimum Gasteiger partial charge on any atom is -0.328 e. The first-order valence-corrected chi connectivity index (χ1v) is 7.82. The molecule has 0 N–H and O–H groups in total. The highest BCUT2D eigenvalue weighted by Gasteiger charge is 2.03. The second kappa shape index (κ2) is 10.7. The van der Waals surface area contributed by atoms with Gasteiger partial charge in [-0.1, -0.05) is 70.9 Å². The highest BCUT2D eigenvalue weighted by Crippen LogP contribution is 2.07. The van der Waals surface area contributed by atoms with Crippen molar-refractivity contribution in [1.29, 1.82) is 0 Å². The van der Waals surface area contributed by atoms with Gasteiger partial charge in [-0.3, -0.25) is 0 Å². The van der Waals surface area contributed by atoms with E-state index in [1.165, 1.54) is 49.1 Å². The monoisotopic (exact) mass is 340 g/mol. The third-order valence-electron chi connectivity index (χ3n) is 3.08. The summed E-state index contributed by atoms with van der Waals surface area (Å²) in [6.07, 6.45) is 1.03. The van der Waals surface area contributed by atoms with Gasteiger partial charge in [0.05, 0.1) is 0 Å². The second-order valence-electron chi connectivity index (χ2n) is 5.70. The summed E-state index contributed by atoms with van der Waals surface area (Å²) in [5.41, 5.74) is 2.74. The molecule has 6 nitrogen and oxygen atoms in total. The Balaban J connectivity index is 0.000000252. The van der Waals surface area contributed by atoms with Crippen molar-refractivity contribution in [3.63, 3.8) is 0 Å². The summed E-state index contributed by atoms with van der Waals surface area (Å²) in [4.78, 5) is 24.0. The lowest BCUT2D eigenvalue weighted by atomic mass is 10.1. The van der Waals surface area contributed by atoms with E-state index in [4.69, 9.17) is 0 Å². The Bertz CT molecular complexity index is 624. The van der Waals surface area contributed by atoms with Crippen molar-refractivity contribution in [3.05, 3.63) is 71.8 Å². The fraction of sp³-hybridized carbons (Fsp3) is 0.263. The molecule has 0 fully saturated rings. The summed E-state index contributed by atoms with van der Waals surface area (Å²) in [7, 11) is 6.12. The van der Waals surface area contributed by atoms with Crippen molar-refractivity contribution in [2.24, 2.45) is 10.2 Å². The van der Waals surface area contributed by atoms with E-state index >= 15 is 0 Å². The van der Waals surface area contributed by atoms with Gasteiger partial charge in [-0.2, -0.15) is 0 Å². The Morgan fingerprint density at radius 1 is 0.680 bits per heavy atom. The molecule has 4 amide bonds. The van der Waals surface area contributed by atoms with Gasteiger partial charge in [-0.25, -0.2) is 9.59 Å². The highest BCUT2D eigenvalue weighted by atomic mass is 16.2. The van der Waals surface area contributed by atoms with Gasteiger partial charge in [-0.15, -0.1) is 0 Å². The van der Waals surface area contributed by atoms with Crippen LogP contribution in [0.15, 0.2) is 70.9 Å². The van der Waals surface area contributed by atoms with Gasteiger partial charge in [0.2, 0.25) is 0 Å². The quantitative estimate of drug-likeness (QED) is 0.773. The van der Waals surface area contributed by atoms with Crippen LogP contribution in [0.4, 0.5) is 9.59 Å². The van der Waals surface area contributed by atoms with Crippen LogP contribution < -0.4 is 0 Å². The summed E-state index contributed by atoms with van der Waals surface area (Å²) >= 11 is 0. The van der Waals surface area contributed by atoms with Gasteiger partial charge in [-0.05, 0) is 17.5 Å². The Labute approximate surface area is 148 Å². The number of rotatable bonds is 2. The predicted molar refractivity (Wildman–Crippen MR) is 98.7 cm³/mol. The summed E-state index contributed by atoms with van der Waals surface area (Å²) in [6, 6.07) is 20.0. The Kier molecular flexibility index (Phi) is 8.57. The second-order valence-corrected chi connectivity index (χ2v) is 5.70. The van der Waals surface area contributed by atoms with E-state index in [1.54, 1.807) is 0 Å². The number of carbonyl (C=O) groups excluding carboxylic acids is 2. The number of amides is 4. The molecule has 0 aliphatic carbocycles. The van der Waals surface area contributed by atoms with E-state index in [2.05, 4.69) is 70.9 Å². The number of nitrogens with zero attached hydrogens (tertiary/aromatic N) is 4. The molecule has 0 unspecified atom stereocenters. The molecule has 0 saturated carbocycles. The Morgan fingerprint density at radius 3 is 1.28 bits per heavy atom. The summed E-state index contributed by atoms with van der Waals surface area (Å²) in [5.74, 6) is 0. The number of hydrogen-bond acceptors (Lipinski definition) is 2. The number of carbonyl (C=O) groups is 2. The van der Waals surface area contributed by atoms with Crippen molar-refractivity contribution in [1.82, 2.24) is 9.80 Å². The van der Waals surface area contributed by atoms with Gasteiger partial charge in [0.1, 0.15) is 0 Å². The lowest BCUT2D eigenvalue weighted by Crippen LogP contribution is -2.20. The first kappa shape index (κ1) is 20.0. The van der Waals surface area contributed by atoms with Gasteiger partial charge >= 0.3 is 12.1 Å². The van der Waals surface area contributed by atoms with Crippen LogP contribution in [0.3, 0.4) is 0 Å². The van der Waals surface area contributed by atoms with Gasteiger partial charge in [0.15, 0.2) is 0 Å². The highest BCUT2D eigenvalue weighted by molar-refractivity contribution is 5.79. The smallest absolute Gasteiger partial charge is 0.328 e. The van der Waals surface area contributed by atoms with E-state index in [9.17, 15) is 9.59 Å². The summed E-state index contributed by atoms with van der Waals surface area (Å²) in [6.45, 7) is 0. The van der Waals surface area contributed by atoms with Crippen LogP contribution >= 0.6 is 0 Å². The third-order valence-corrected chi connectivity index (χ3v) is 3.08. The lowest BCUT2D eigenvalue weighted by molar-refractivity contribution is 0.218. The normalized spacial score (nSPS) is 9.92. The first-order chi connectivity index (χ1) is 11.9. The van der Waals surface area contributed by atoms with E-state index < -0.39 is 12.1 Å². The maximum atomic E-state index is 10.8. The predicted octanol–water partition coefficient (Wildman–Crippen LogP) is 4.08. The van der Waals surface area contributed by atoms with Crippen molar-refractivity contribution in [2.45, 2.75) is 6.42 Å². The molecule has 0 aromatic heterocycles. The van der Waals surface area contributed by atoms with Crippen LogP contribution in [0.2, 0.25) is 0 Å². The van der Waals surface area contributed by atoms with E-state index in [-0.39, 0.29) is 0 Å². The number of azo groups is 1. The molecule has 0 heterocycles. The van der Waals surface area contributed by atoms with Gasteiger partial charge in [0.25, 0.3) is 0 Å². The molecule has 0 radical (unpaired) electrons. The topological polar surface area (TPSA) is 65.3 Å². The van der Waals surface area contributed by atoms with E-state index in [1.807, 2.05) is 0 Å². The molecular weight excluding hydrogens is 316 g/mol. The van der Waals surface area contributed by atoms with Crippen molar-refractivity contribution in [2.75, 3.05) is 28.2 Å². The average Bonchev–Trinajstić information content (AvgIpc) is 2.61. The zero-order valence-electron chi connectivity index (χ0n) is 15.1. The van der Waals surface area contributed by atoms with Crippen LogP contribution in [0.25, 0.3) is 0 Å². The Morgan fingerprint density at radius 2 is 1.00 bits per heavy atom. The van der Waals surface area contributed by atoms with Gasteiger partial charge in [0, 0.05) is 28.2 Å². The molecule has 0 saturated heterocycles. The van der Waals surface area contributed by atoms with Crippen molar-refractivity contribution >= 4 is 12.1 Å². The molecule has 2 rings (SSSR count). The molecule has 2 aromatic carbocycles. The minimum atomic E-state index is -0.551. The first-order valence-electron chi connectivity index (χ1n) is 7.82. The molecular formula is C19H24N4O2. The fourth-order valence-electron chi connectivity index (χ4n) is 1.69. The molecule has 0 atom stereocenters. The van der Waals surface area contributed by atoms with Crippen LogP contribution in [0.1, 0.15) is 11.1 Å². The molecule has 0 spiro atoms. The van der Waals surface area contributed by atoms with Crippen LogP contribution in [0.5, 0.6) is 0 Å². The van der Waals surface area contributed by atoms with Crippen LogP contribution in [0, 0.1) is 0 Å². The van der Waals surface area contributed by atoms with E-state index in [0.717, 1.165) is 6.42 Å². The summed E-state index contributed by atoms with van der Waals surface area (Å²) in [5, 5.41) is 6.33. The number of hydrogen-bond donors (Lipinski definition) is 0. The zero-order valence-corrected chi connectivity index (χ0v) is 15.1. The average molecular weight is 340 g/mol. The maximum absolute atomic E-state index is 10.8.